The van der Waals surface area contributed by atoms with Crippen LogP contribution in [0.5, 0.6) is 0 Å². The van der Waals surface area contributed by atoms with Crippen LogP contribution in [0.2, 0.25) is 4.34 Å². The summed E-state index contributed by atoms with van der Waals surface area (Å²) in [6, 6.07) is 9.63. The molecule has 0 N–H and O–H groups in total. The van der Waals surface area contributed by atoms with Crippen molar-refractivity contribution >= 4 is 55.5 Å². The normalized spacial score (nSPS) is 11.4. The molecule has 0 aliphatic heterocycles. The van der Waals surface area contributed by atoms with Gasteiger partial charge in [-0.2, -0.15) is 0 Å². The Hall–Kier alpha value is -1.47. The van der Waals surface area contributed by atoms with Gasteiger partial charge < -0.3 is 4.90 Å². The lowest BCUT2D eigenvalue weighted by Gasteiger charge is -2.21. The summed E-state index contributed by atoms with van der Waals surface area (Å²) in [6.07, 6.45) is 0. The maximum Gasteiger partial charge on any atom is 0.270 e. The van der Waals surface area contributed by atoms with Crippen molar-refractivity contribution < 1.29 is 4.79 Å². The van der Waals surface area contributed by atoms with Crippen molar-refractivity contribution in [1.29, 1.82) is 0 Å². The number of thiophene rings is 1. The zero-order chi connectivity index (χ0) is 17.3. The fourth-order valence-corrected chi connectivity index (χ4v) is 4.40. The molecule has 0 atom stereocenters. The second-order valence-corrected chi connectivity index (χ2v) is 8.51. The molecule has 0 aliphatic rings. The van der Waals surface area contributed by atoms with Crippen molar-refractivity contribution in [2.24, 2.45) is 0 Å². The van der Waals surface area contributed by atoms with Gasteiger partial charge in [0.25, 0.3) is 5.91 Å². The van der Waals surface area contributed by atoms with E-state index in [0.717, 1.165) is 27.5 Å². The molecular formula is C17H18ClN3OS2. The number of aromatic nitrogens is 1. The lowest BCUT2D eigenvalue weighted by Crippen LogP contribution is -2.36. The Labute approximate surface area is 154 Å². The van der Waals surface area contributed by atoms with Crippen molar-refractivity contribution in [3.8, 4) is 0 Å². The summed E-state index contributed by atoms with van der Waals surface area (Å²) in [7, 11) is 3.99. The minimum Gasteiger partial charge on any atom is -0.308 e. The van der Waals surface area contributed by atoms with Gasteiger partial charge >= 0.3 is 0 Å². The lowest BCUT2D eigenvalue weighted by atomic mass is 10.2. The number of nitrogens with zero attached hydrogens (tertiary/aromatic N) is 3. The van der Waals surface area contributed by atoms with Crippen molar-refractivity contribution in [1.82, 2.24) is 9.88 Å². The largest absolute Gasteiger partial charge is 0.308 e. The summed E-state index contributed by atoms with van der Waals surface area (Å²) in [5, 5.41) is 0.732. The van der Waals surface area contributed by atoms with E-state index in [2.05, 4.69) is 4.90 Å². The number of rotatable bonds is 5. The third-order valence-corrected chi connectivity index (χ3v) is 5.90. The number of carbonyl (C=O) groups is 1. The Bertz CT molecular complexity index is 872. The topological polar surface area (TPSA) is 36.4 Å². The SMILES string of the molecule is Cc1cccc2sc(N(CCN(C)C)C(=O)c3ccc(Cl)s3)nc12. The lowest BCUT2D eigenvalue weighted by molar-refractivity contribution is 0.0989. The van der Waals surface area contributed by atoms with E-state index < -0.39 is 0 Å². The predicted molar refractivity (Wildman–Crippen MR) is 104 cm³/mol. The average molecular weight is 380 g/mol. The van der Waals surface area contributed by atoms with Gasteiger partial charge in [-0.25, -0.2) is 4.98 Å². The fraction of sp³-hybridized carbons (Fsp3) is 0.294. The molecule has 1 aromatic carbocycles. The van der Waals surface area contributed by atoms with Gasteiger partial charge in [0.1, 0.15) is 0 Å². The first kappa shape index (κ1) is 17.4. The predicted octanol–water partition coefficient (Wildman–Crippen LogP) is 4.53. The molecule has 0 radical (unpaired) electrons. The second kappa shape index (κ2) is 7.19. The number of anilines is 1. The van der Waals surface area contributed by atoms with E-state index in [4.69, 9.17) is 16.6 Å². The molecule has 0 bridgehead atoms. The molecule has 7 heteroatoms. The van der Waals surface area contributed by atoms with E-state index in [-0.39, 0.29) is 5.91 Å². The number of halogens is 1. The number of hydrogen-bond acceptors (Lipinski definition) is 5. The van der Waals surface area contributed by atoms with Crippen LogP contribution in [0.4, 0.5) is 5.13 Å². The van der Waals surface area contributed by atoms with Crippen LogP contribution in [0.15, 0.2) is 30.3 Å². The zero-order valence-electron chi connectivity index (χ0n) is 13.7. The summed E-state index contributed by atoms with van der Waals surface area (Å²) in [4.78, 5) is 22.1. The minimum absolute atomic E-state index is 0.0505. The summed E-state index contributed by atoms with van der Waals surface area (Å²) >= 11 is 8.84. The van der Waals surface area contributed by atoms with Gasteiger partial charge in [0.15, 0.2) is 5.13 Å². The van der Waals surface area contributed by atoms with Crippen LogP contribution in [-0.2, 0) is 0 Å². The van der Waals surface area contributed by atoms with Crippen LogP contribution in [0.3, 0.4) is 0 Å². The Balaban J connectivity index is 1.99. The monoisotopic (exact) mass is 379 g/mol. The van der Waals surface area contributed by atoms with E-state index in [9.17, 15) is 4.79 Å². The van der Waals surface area contributed by atoms with Gasteiger partial charge in [-0.3, -0.25) is 9.69 Å². The molecule has 3 rings (SSSR count). The second-order valence-electron chi connectivity index (χ2n) is 5.78. The number of amides is 1. The molecule has 1 amide bonds. The molecule has 0 saturated carbocycles. The summed E-state index contributed by atoms with van der Waals surface area (Å²) < 4.78 is 1.71. The highest BCUT2D eigenvalue weighted by Gasteiger charge is 2.23. The number of carbonyl (C=O) groups excluding carboxylic acids is 1. The Morgan fingerprint density at radius 2 is 1.96 bits per heavy atom. The molecule has 2 heterocycles. The molecular weight excluding hydrogens is 362 g/mol. The van der Waals surface area contributed by atoms with Gasteiger partial charge in [0.05, 0.1) is 19.4 Å². The highest BCUT2D eigenvalue weighted by atomic mass is 35.5. The molecule has 0 spiro atoms. The molecule has 4 nitrogen and oxygen atoms in total. The van der Waals surface area contributed by atoms with Crippen LogP contribution in [0, 0.1) is 6.92 Å². The summed E-state index contributed by atoms with van der Waals surface area (Å²) in [5.41, 5.74) is 2.08. The van der Waals surface area contributed by atoms with Crippen LogP contribution >= 0.6 is 34.3 Å². The number of benzene rings is 1. The molecule has 3 aromatic rings. The van der Waals surface area contributed by atoms with Crippen molar-refractivity contribution in [2.75, 3.05) is 32.1 Å². The zero-order valence-corrected chi connectivity index (χ0v) is 16.1. The van der Waals surface area contributed by atoms with Gasteiger partial charge in [-0.1, -0.05) is 35.1 Å². The van der Waals surface area contributed by atoms with Crippen LogP contribution in [-0.4, -0.2) is 43.0 Å². The number of likely N-dealkylation sites (N-methyl/N-ethyl adjacent to an activating group) is 1. The van der Waals surface area contributed by atoms with E-state index in [1.165, 1.54) is 11.3 Å². The molecule has 0 fully saturated rings. The number of fused-ring (bicyclic) bond motifs is 1. The summed E-state index contributed by atoms with van der Waals surface area (Å²) in [6.45, 7) is 3.39. The third kappa shape index (κ3) is 3.62. The minimum atomic E-state index is -0.0505. The Morgan fingerprint density at radius 3 is 2.58 bits per heavy atom. The first-order valence-corrected chi connectivity index (χ1v) is 9.55. The molecule has 0 saturated heterocycles. The van der Waals surface area contributed by atoms with Crippen molar-refractivity contribution in [3.63, 3.8) is 0 Å². The standard InChI is InChI=1S/C17H18ClN3OS2/c1-11-5-4-6-12-15(11)19-17(24-12)21(10-9-20(2)3)16(22)13-7-8-14(18)23-13/h4-8H,9-10H2,1-3H3. The van der Waals surface area contributed by atoms with E-state index in [0.29, 0.717) is 15.8 Å². The quantitative estimate of drug-likeness (QED) is 0.653. The molecule has 126 valence electrons. The first-order valence-electron chi connectivity index (χ1n) is 7.54. The van der Waals surface area contributed by atoms with Gasteiger partial charge in [0, 0.05) is 13.1 Å². The molecule has 0 unspecified atom stereocenters. The van der Waals surface area contributed by atoms with Crippen molar-refractivity contribution in [2.45, 2.75) is 6.92 Å². The first-order chi connectivity index (χ1) is 11.5. The van der Waals surface area contributed by atoms with Crippen LogP contribution in [0.25, 0.3) is 10.2 Å². The average Bonchev–Trinajstić information content (AvgIpc) is 3.14. The van der Waals surface area contributed by atoms with Crippen LogP contribution < -0.4 is 4.90 Å². The highest BCUT2D eigenvalue weighted by Crippen LogP contribution is 2.32. The van der Waals surface area contributed by atoms with E-state index in [1.807, 2.05) is 39.2 Å². The van der Waals surface area contributed by atoms with Gasteiger partial charge in [0.2, 0.25) is 0 Å². The number of hydrogen-bond donors (Lipinski definition) is 0. The molecule has 0 aliphatic carbocycles. The molecule has 2 aromatic heterocycles. The number of thiazole rings is 1. The summed E-state index contributed by atoms with van der Waals surface area (Å²) in [5.74, 6) is -0.0505. The van der Waals surface area contributed by atoms with Gasteiger partial charge in [-0.05, 0) is 44.8 Å². The fourth-order valence-electron chi connectivity index (χ4n) is 2.34. The Morgan fingerprint density at radius 1 is 1.17 bits per heavy atom. The maximum atomic E-state index is 13.0. The van der Waals surface area contributed by atoms with Crippen molar-refractivity contribution in [3.05, 3.63) is 45.1 Å². The maximum absolute atomic E-state index is 13.0. The molecule has 24 heavy (non-hydrogen) atoms. The Kier molecular flexibility index (Phi) is 5.20. The number of para-hydroxylation sites is 1. The third-order valence-electron chi connectivity index (χ3n) is 3.64. The van der Waals surface area contributed by atoms with E-state index in [1.54, 1.807) is 28.4 Å². The smallest absolute Gasteiger partial charge is 0.270 e. The number of aryl methyl sites for hydroxylation is 1. The van der Waals surface area contributed by atoms with E-state index >= 15 is 0 Å². The highest BCUT2D eigenvalue weighted by molar-refractivity contribution is 7.22. The van der Waals surface area contributed by atoms with Gasteiger partial charge in [-0.15, -0.1) is 11.3 Å². The van der Waals surface area contributed by atoms with Crippen LogP contribution in [0.1, 0.15) is 15.2 Å².